The van der Waals surface area contributed by atoms with Crippen molar-refractivity contribution >= 4 is 11.9 Å². The summed E-state index contributed by atoms with van der Waals surface area (Å²) in [5.74, 6) is -2.12. The zero-order chi connectivity index (χ0) is 15.6. The fraction of sp³-hybridized carbons (Fsp3) is 0.533. The first-order valence-electron chi connectivity index (χ1n) is 7.02. The lowest BCUT2D eigenvalue weighted by Crippen LogP contribution is -2.39. The van der Waals surface area contributed by atoms with Crippen molar-refractivity contribution in [2.24, 2.45) is 18.9 Å². The zero-order valence-corrected chi connectivity index (χ0v) is 12.6. The monoisotopic (exact) mass is 291 g/mol. The van der Waals surface area contributed by atoms with Gasteiger partial charge in [0.25, 0.3) is 0 Å². The summed E-state index contributed by atoms with van der Waals surface area (Å²) in [6.07, 6.45) is 6.39. The van der Waals surface area contributed by atoms with Crippen molar-refractivity contribution in [3.8, 4) is 0 Å². The molecule has 1 heterocycles. The minimum Gasteiger partial charge on any atom is -0.481 e. The van der Waals surface area contributed by atoms with E-state index in [-0.39, 0.29) is 5.91 Å². The third-order valence-electron chi connectivity index (χ3n) is 4.19. The number of hydrogen-bond acceptors (Lipinski definition) is 3. The van der Waals surface area contributed by atoms with E-state index in [4.69, 9.17) is 0 Å². The Morgan fingerprint density at radius 3 is 2.52 bits per heavy atom. The highest BCUT2D eigenvalue weighted by atomic mass is 16.4. The van der Waals surface area contributed by atoms with Gasteiger partial charge >= 0.3 is 5.97 Å². The van der Waals surface area contributed by atoms with Gasteiger partial charge in [-0.15, -0.1) is 0 Å². The Balaban J connectivity index is 2.09. The molecule has 0 saturated heterocycles. The van der Waals surface area contributed by atoms with Crippen LogP contribution in [-0.2, 0) is 23.2 Å². The molecule has 2 unspecified atom stereocenters. The molecule has 6 nitrogen and oxygen atoms in total. The summed E-state index contributed by atoms with van der Waals surface area (Å²) in [6, 6.07) is 0. The van der Waals surface area contributed by atoms with Gasteiger partial charge in [-0.2, -0.15) is 5.10 Å². The normalized spacial score (nSPS) is 21.3. The van der Waals surface area contributed by atoms with Gasteiger partial charge in [-0.1, -0.05) is 12.2 Å². The molecule has 1 amide bonds. The molecule has 0 spiro atoms. The number of carboxylic acid groups (broad SMARTS) is 1. The van der Waals surface area contributed by atoms with Crippen molar-refractivity contribution < 1.29 is 14.7 Å². The van der Waals surface area contributed by atoms with Gasteiger partial charge in [0.05, 0.1) is 18.0 Å². The number of carbonyl (C=O) groups excluding carboxylic acids is 1. The first kappa shape index (κ1) is 15.3. The quantitative estimate of drug-likeness (QED) is 0.850. The van der Waals surface area contributed by atoms with Crippen LogP contribution >= 0.6 is 0 Å². The van der Waals surface area contributed by atoms with E-state index in [0.29, 0.717) is 19.4 Å². The SMILES string of the molecule is Cc1c(CN(C)C(=O)C2CC=CCC2C(=O)O)cnn1C. The second kappa shape index (κ2) is 6.11. The molecule has 1 aliphatic carbocycles. The van der Waals surface area contributed by atoms with Gasteiger partial charge in [-0.3, -0.25) is 14.3 Å². The molecular weight excluding hydrogens is 270 g/mol. The van der Waals surface area contributed by atoms with Crippen molar-refractivity contribution in [2.75, 3.05) is 7.05 Å². The van der Waals surface area contributed by atoms with E-state index in [0.717, 1.165) is 11.3 Å². The first-order valence-corrected chi connectivity index (χ1v) is 7.02. The molecular formula is C15H21N3O3. The number of carbonyl (C=O) groups is 2. The average molecular weight is 291 g/mol. The highest BCUT2D eigenvalue weighted by Crippen LogP contribution is 2.28. The van der Waals surface area contributed by atoms with Crippen LogP contribution in [-0.4, -0.2) is 38.7 Å². The smallest absolute Gasteiger partial charge is 0.307 e. The predicted molar refractivity (Wildman–Crippen MR) is 77.4 cm³/mol. The second-order valence-corrected chi connectivity index (χ2v) is 5.57. The Morgan fingerprint density at radius 1 is 1.38 bits per heavy atom. The maximum atomic E-state index is 12.5. The number of carboxylic acids is 1. The molecule has 2 atom stereocenters. The lowest BCUT2D eigenvalue weighted by Gasteiger charge is -2.28. The van der Waals surface area contributed by atoms with Crippen molar-refractivity contribution in [3.05, 3.63) is 29.6 Å². The molecule has 6 heteroatoms. The minimum absolute atomic E-state index is 0.116. The van der Waals surface area contributed by atoms with Gasteiger partial charge < -0.3 is 10.0 Å². The van der Waals surface area contributed by atoms with E-state index in [2.05, 4.69) is 5.10 Å². The first-order chi connectivity index (χ1) is 9.91. The fourth-order valence-electron chi connectivity index (χ4n) is 2.68. The highest BCUT2D eigenvalue weighted by Gasteiger charge is 2.35. The molecule has 2 rings (SSSR count). The molecule has 114 valence electrons. The van der Waals surface area contributed by atoms with Crippen molar-refractivity contribution in [1.29, 1.82) is 0 Å². The number of hydrogen-bond donors (Lipinski definition) is 1. The van der Waals surface area contributed by atoms with Gasteiger partial charge in [-0.05, 0) is 19.8 Å². The molecule has 0 aromatic carbocycles. The molecule has 0 bridgehead atoms. The Kier molecular flexibility index (Phi) is 4.45. The van der Waals surface area contributed by atoms with Crippen molar-refractivity contribution in [2.45, 2.75) is 26.3 Å². The van der Waals surface area contributed by atoms with Crippen molar-refractivity contribution in [1.82, 2.24) is 14.7 Å². The maximum Gasteiger partial charge on any atom is 0.307 e. The van der Waals surface area contributed by atoms with E-state index >= 15 is 0 Å². The standard InChI is InChI=1S/C15H21N3O3/c1-10-11(8-16-18(10)3)9-17(2)14(19)12-6-4-5-7-13(12)15(20)21/h4-5,8,12-13H,6-7,9H2,1-3H3,(H,20,21). The van der Waals surface area contributed by atoms with Crippen LogP contribution in [0.1, 0.15) is 24.1 Å². The van der Waals surface area contributed by atoms with E-state index in [9.17, 15) is 14.7 Å². The minimum atomic E-state index is -0.899. The van der Waals surface area contributed by atoms with Crippen LogP contribution < -0.4 is 0 Å². The lowest BCUT2D eigenvalue weighted by atomic mass is 9.82. The number of rotatable bonds is 4. The number of aliphatic carboxylic acids is 1. The second-order valence-electron chi connectivity index (χ2n) is 5.57. The van der Waals surface area contributed by atoms with Gasteiger partial charge in [0, 0.05) is 31.9 Å². The Morgan fingerprint density at radius 2 is 2.00 bits per heavy atom. The van der Waals surface area contributed by atoms with Crippen LogP contribution in [0, 0.1) is 18.8 Å². The summed E-state index contributed by atoms with van der Waals surface area (Å²) in [5, 5.41) is 13.4. The van der Waals surface area contributed by atoms with Crippen LogP contribution in [0.25, 0.3) is 0 Å². The van der Waals surface area contributed by atoms with Crippen LogP contribution in [0.2, 0.25) is 0 Å². The third kappa shape index (κ3) is 3.15. The summed E-state index contributed by atoms with van der Waals surface area (Å²) in [7, 11) is 3.57. The molecule has 1 aromatic heterocycles. The number of aromatic nitrogens is 2. The van der Waals surface area contributed by atoms with E-state index < -0.39 is 17.8 Å². The molecule has 0 aliphatic heterocycles. The average Bonchev–Trinajstić information content (AvgIpc) is 2.78. The van der Waals surface area contributed by atoms with Crippen LogP contribution in [0.5, 0.6) is 0 Å². The summed E-state index contributed by atoms with van der Waals surface area (Å²) >= 11 is 0. The van der Waals surface area contributed by atoms with Gasteiger partial charge in [0.2, 0.25) is 5.91 Å². The van der Waals surface area contributed by atoms with E-state index in [1.54, 1.807) is 22.8 Å². The Bertz CT molecular complexity index is 577. The third-order valence-corrected chi connectivity index (χ3v) is 4.19. The van der Waals surface area contributed by atoms with Crippen LogP contribution in [0.15, 0.2) is 18.3 Å². The molecule has 1 N–H and O–H groups in total. The highest BCUT2D eigenvalue weighted by molar-refractivity contribution is 5.85. The van der Waals surface area contributed by atoms with E-state index in [1.807, 2.05) is 26.1 Å². The van der Waals surface area contributed by atoms with Crippen LogP contribution in [0.4, 0.5) is 0 Å². The Labute approximate surface area is 124 Å². The summed E-state index contributed by atoms with van der Waals surface area (Å²) in [4.78, 5) is 25.4. The number of amides is 1. The van der Waals surface area contributed by atoms with Crippen LogP contribution in [0.3, 0.4) is 0 Å². The summed E-state index contributed by atoms with van der Waals surface area (Å²) in [6.45, 7) is 2.40. The number of allylic oxidation sites excluding steroid dienone is 2. The molecule has 1 aromatic rings. The van der Waals surface area contributed by atoms with Gasteiger partial charge in [-0.25, -0.2) is 0 Å². The fourth-order valence-corrected chi connectivity index (χ4v) is 2.68. The number of aryl methyl sites for hydroxylation is 1. The molecule has 0 saturated carbocycles. The van der Waals surface area contributed by atoms with Crippen molar-refractivity contribution in [3.63, 3.8) is 0 Å². The molecule has 1 aliphatic rings. The van der Waals surface area contributed by atoms with Gasteiger partial charge in [0.1, 0.15) is 0 Å². The summed E-state index contributed by atoms with van der Waals surface area (Å²) < 4.78 is 1.76. The molecule has 21 heavy (non-hydrogen) atoms. The van der Waals surface area contributed by atoms with Gasteiger partial charge in [0.15, 0.2) is 0 Å². The molecule has 0 radical (unpaired) electrons. The maximum absolute atomic E-state index is 12.5. The predicted octanol–water partition coefficient (Wildman–Crippen LogP) is 1.35. The number of nitrogens with zero attached hydrogens (tertiary/aromatic N) is 3. The largest absolute Gasteiger partial charge is 0.481 e. The Hall–Kier alpha value is -2.11. The van der Waals surface area contributed by atoms with E-state index in [1.165, 1.54) is 0 Å². The zero-order valence-electron chi connectivity index (χ0n) is 12.6. The summed E-state index contributed by atoms with van der Waals surface area (Å²) in [5.41, 5.74) is 1.99. The lowest BCUT2D eigenvalue weighted by molar-refractivity contribution is -0.150. The molecule has 0 fully saturated rings. The topological polar surface area (TPSA) is 75.4 Å².